The number of nitrogens with zero attached hydrogens (tertiary/aromatic N) is 1. The monoisotopic (exact) mass is 409 g/mol. The van der Waals surface area contributed by atoms with E-state index in [1.165, 1.54) is 18.3 Å². The van der Waals surface area contributed by atoms with Gasteiger partial charge < -0.3 is 4.18 Å². The predicted molar refractivity (Wildman–Crippen MR) is 85.6 cm³/mol. The number of aromatic nitrogens is 1. The van der Waals surface area contributed by atoms with Crippen LogP contribution in [0.25, 0.3) is 0 Å². The van der Waals surface area contributed by atoms with Gasteiger partial charge >= 0.3 is 10.1 Å². The lowest BCUT2D eigenvalue weighted by Crippen LogP contribution is -2.11. The van der Waals surface area contributed by atoms with Crippen LogP contribution in [0.15, 0.2) is 39.8 Å². The summed E-state index contributed by atoms with van der Waals surface area (Å²) in [5.74, 6) is 0.173. The van der Waals surface area contributed by atoms with E-state index in [0.717, 1.165) is 5.56 Å². The van der Waals surface area contributed by atoms with Crippen LogP contribution in [0.1, 0.15) is 12.5 Å². The predicted octanol–water partition coefficient (Wildman–Crippen LogP) is 4.48. The van der Waals surface area contributed by atoms with Crippen molar-refractivity contribution in [3.8, 4) is 5.75 Å². The van der Waals surface area contributed by atoms with Gasteiger partial charge in [-0.25, -0.2) is 4.98 Å². The number of hydrogen-bond acceptors (Lipinski definition) is 4. The van der Waals surface area contributed by atoms with Gasteiger partial charge in [0.1, 0.15) is 10.6 Å². The van der Waals surface area contributed by atoms with Crippen molar-refractivity contribution in [1.29, 1.82) is 0 Å². The van der Waals surface area contributed by atoms with Crippen molar-refractivity contribution in [1.82, 2.24) is 4.98 Å². The maximum Gasteiger partial charge on any atom is 0.342 e. The van der Waals surface area contributed by atoms with E-state index in [9.17, 15) is 8.42 Å². The smallest absolute Gasteiger partial charge is 0.342 e. The first-order valence-electron chi connectivity index (χ1n) is 5.87. The number of halogens is 3. The van der Waals surface area contributed by atoms with Crippen LogP contribution in [0.3, 0.4) is 0 Å². The average molecular weight is 411 g/mol. The van der Waals surface area contributed by atoms with Crippen LogP contribution < -0.4 is 4.18 Å². The fourth-order valence-corrected chi connectivity index (χ4v) is 3.72. The molecule has 1 aromatic heterocycles. The fourth-order valence-electron chi connectivity index (χ4n) is 1.62. The van der Waals surface area contributed by atoms with Crippen molar-refractivity contribution in [3.63, 3.8) is 0 Å². The summed E-state index contributed by atoms with van der Waals surface area (Å²) >= 11 is 15.0. The molecule has 21 heavy (non-hydrogen) atoms. The van der Waals surface area contributed by atoms with Crippen molar-refractivity contribution >= 4 is 49.2 Å². The molecule has 2 aromatic rings. The highest BCUT2D eigenvalue weighted by Crippen LogP contribution is 2.28. The number of aryl methyl sites for hydroxylation is 1. The molecule has 112 valence electrons. The second-order valence-corrected chi connectivity index (χ2v) is 7.28. The molecular weight excluding hydrogens is 401 g/mol. The molecule has 0 aliphatic rings. The van der Waals surface area contributed by atoms with Gasteiger partial charge in [-0.1, -0.05) is 30.1 Å². The minimum Gasteiger partial charge on any atom is -0.379 e. The van der Waals surface area contributed by atoms with Crippen molar-refractivity contribution in [2.45, 2.75) is 18.2 Å². The molecule has 0 aliphatic heterocycles. The molecule has 0 radical (unpaired) electrons. The van der Waals surface area contributed by atoms with Gasteiger partial charge in [-0.2, -0.15) is 8.42 Å². The Labute approximate surface area is 141 Å². The number of pyridine rings is 1. The van der Waals surface area contributed by atoms with Crippen LogP contribution in [0.2, 0.25) is 10.2 Å². The van der Waals surface area contributed by atoms with Gasteiger partial charge in [-0.3, -0.25) is 0 Å². The maximum atomic E-state index is 12.3. The molecule has 0 fully saturated rings. The summed E-state index contributed by atoms with van der Waals surface area (Å²) in [4.78, 5) is 3.57. The number of rotatable bonds is 4. The molecule has 0 bridgehead atoms. The molecule has 2 rings (SSSR count). The lowest BCUT2D eigenvalue weighted by molar-refractivity contribution is 0.485. The van der Waals surface area contributed by atoms with Gasteiger partial charge in [-0.05, 0) is 52.2 Å². The Hall–Kier alpha value is -0.820. The summed E-state index contributed by atoms with van der Waals surface area (Å²) < 4.78 is 30.1. The number of hydrogen-bond donors (Lipinski definition) is 0. The van der Waals surface area contributed by atoms with Gasteiger partial charge in [0.25, 0.3) is 0 Å². The maximum absolute atomic E-state index is 12.3. The Morgan fingerprint density at radius 1 is 1.29 bits per heavy atom. The van der Waals surface area contributed by atoms with Crippen molar-refractivity contribution in [2.24, 2.45) is 0 Å². The molecule has 0 atom stereocenters. The zero-order valence-corrected chi connectivity index (χ0v) is 14.7. The molecule has 0 saturated carbocycles. The third-order valence-electron chi connectivity index (χ3n) is 2.65. The highest BCUT2D eigenvalue weighted by Gasteiger charge is 2.22. The molecule has 0 aliphatic carbocycles. The molecule has 1 heterocycles. The Morgan fingerprint density at radius 2 is 2.00 bits per heavy atom. The summed E-state index contributed by atoms with van der Waals surface area (Å²) in [7, 11) is -4.07. The molecule has 0 unspecified atom stereocenters. The Morgan fingerprint density at radius 3 is 2.67 bits per heavy atom. The molecule has 0 spiro atoms. The molecule has 0 N–H and O–H groups in total. The third-order valence-corrected chi connectivity index (χ3v) is 5.12. The fraction of sp³-hybridized carbons (Fsp3) is 0.154. The van der Waals surface area contributed by atoms with Crippen molar-refractivity contribution < 1.29 is 12.6 Å². The van der Waals surface area contributed by atoms with E-state index in [0.29, 0.717) is 15.9 Å². The lowest BCUT2D eigenvalue weighted by Gasteiger charge is -2.10. The van der Waals surface area contributed by atoms with Gasteiger partial charge in [0, 0.05) is 15.7 Å². The van der Waals surface area contributed by atoms with E-state index in [1.807, 2.05) is 6.92 Å². The average Bonchev–Trinajstić information content (AvgIpc) is 2.43. The molecule has 4 nitrogen and oxygen atoms in total. The number of benzene rings is 1. The van der Waals surface area contributed by atoms with E-state index < -0.39 is 10.1 Å². The Balaban J connectivity index is 2.40. The first kappa shape index (κ1) is 16.5. The molecule has 1 aromatic carbocycles. The van der Waals surface area contributed by atoms with Crippen molar-refractivity contribution in [2.75, 3.05) is 0 Å². The van der Waals surface area contributed by atoms with Crippen LogP contribution in [0.4, 0.5) is 0 Å². The van der Waals surface area contributed by atoms with Crippen LogP contribution in [0.5, 0.6) is 5.75 Å². The molecule has 0 saturated heterocycles. The second kappa shape index (κ2) is 6.52. The zero-order chi connectivity index (χ0) is 15.6. The van der Waals surface area contributed by atoms with Crippen molar-refractivity contribution in [3.05, 3.63) is 50.7 Å². The van der Waals surface area contributed by atoms with Gasteiger partial charge in [0.05, 0.1) is 0 Å². The first-order valence-corrected chi connectivity index (χ1v) is 8.83. The lowest BCUT2D eigenvalue weighted by atomic mass is 10.2. The van der Waals surface area contributed by atoms with Crippen LogP contribution >= 0.6 is 39.1 Å². The first-order chi connectivity index (χ1) is 9.83. The van der Waals surface area contributed by atoms with Crippen LogP contribution in [0, 0.1) is 0 Å². The van der Waals surface area contributed by atoms with E-state index in [-0.39, 0.29) is 15.8 Å². The van der Waals surface area contributed by atoms with E-state index in [4.69, 9.17) is 27.4 Å². The van der Waals surface area contributed by atoms with E-state index >= 15 is 0 Å². The summed E-state index contributed by atoms with van der Waals surface area (Å²) in [6.07, 6.45) is 2.06. The minimum atomic E-state index is -4.07. The summed E-state index contributed by atoms with van der Waals surface area (Å²) in [5, 5.41) is 0.410. The van der Waals surface area contributed by atoms with Crippen LogP contribution in [-0.2, 0) is 16.5 Å². The zero-order valence-electron chi connectivity index (χ0n) is 10.8. The topological polar surface area (TPSA) is 56.3 Å². The largest absolute Gasteiger partial charge is 0.379 e. The quantitative estimate of drug-likeness (QED) is 0.550. The molecular formula is C13H10BrCl2NO3S. The van der Waals surface area contributed by atoms with Gasteiger partial charge in [0.15, 0.2) is 5.15 Å². The summed E-state index contributed by atoms with van der Waals surface area (Å²) in [6, 6.07) is 5.99. The minimum absolute atomic E-state index is 0.150. The highest BCUT2D eigenvalue weighted by molar-refractivity contribution is 9.10. The second-order valence-electron chi connectivity index (χ2n) is 4.09. The SMILES string of the molecule is CCc1cc(OS(=O)(=O)c2cc(Br)cnc2Cl)ccc1Cl. The molecule has 8 heteroatoms. The van der Waals surface area contributed by atoms with Crippen LogP contribution in [-0.4, -0.2) is 13.4 Å². The summed E-state index contributed by atoms with van der Waals surface area (Å²) in [6.45, 7) is 1.91. The van der Waals surface area contributed by atoms with E-state index in [1.54, 1.807) is 12.1 Å². The van der Waals surface area contributed by atoms with Gasteiger partial charge in [-0.15, -0.1) is 0 Å². The molecule has 0 amide bonds. The Kier molecular flexibility index (Phi) is 5.14. The van der Waals surface area contributed by atoms with E-state index in [2.05, 4.69) is 20.9 Å². The Bertz CT molecular complexity index is 781. The highest BCUT2D eigenvalue weighted by atomic mass is 79.9. The van der Waals surface area contributed by atoms with Gasteiger partial charge in [0.2, 0.25) is 0 Å². The summed E-state index contributed by atoms with van der Waals surface area (Å²) in [5.41, 5.74) is 0.794. The normalized spacial score (nSPS) is 11.4. The third kappa shape index (κ3) is 3.88. The standard InChI is InChI=1S/C13H10BrCl2NO3S/c1-2-8-5-10(3-4-11(8)15)20-21(18,19)12-6-9(14)7-17-13(12)16/h3-7H,2H2,1H3.